The Bertz CT molecular complexity index is 584. The first-order valence-corrected chi connectivity index (χ1v) is 8.17. The molecular formula is C16H21ClF3N3O. The summed E-state index contributed by atoms with van der Waals surface area (Å²) in [5.41, 5.74) is -0.856. The van der Waals surface area contributed by atoms with Crippen molar-refractivity contribution in [1.82, 2.24) is 9.80 Å². The molecule has 8 heteroatoms. The van der Waals surface area contributed by atoms with E-state index in [0.29, 0.717) is 6.04 Å². The van der Waals surface area contributed by atoms with E-state index in [0.717, 1.165) is 44.4 Å². The van der Waals surface area contributed by atoms with Crippen LogP contribution in [-0.2, 0) is 11.0 Å². The van der Waals surface area contributed by atoms with Crippen LogP contribution in [0.5, 0.6) is 0 Å². The number of rotatable bonds is 4. The number of alkyl halides is 3. The number of hydrogen-bond donors (Lipinski definition) is 1. The van der Waals surface area contributed by atoms with Gasteiger partial charge < -0.3 is 5.32 Å². The van der Waals surface area contributed by atoms with Gasteiger partial charge in [0.25, 0.3) is 0 Å². The van der Waals surface area contributed by atoms with Crippen LogP contribution in [0.2, 0.25) is 5.02 Å². The van der Waals surface area contributed by atoms with Gasteiger partial charge in [0, 0.05) is 32.2 Å². The smallest absolute Gasteiger partial charge is 0.324 e. The average Bonchev–Trinajstić information content (AvgIpc) is 2.48. The molecule has 0 radical (unpaired) electrons. The maximum Gasteiger partial charge on any atom is 0.416 e. The molecule has 1 aromatic carbocycles. The predicted molar refractivity (Wildman–Crippen MR) is 88.2 cm³/mol. The van der Waals surface area contributed by atoms with Gasteiger partial charge in [0.15, 0.2) is 0 Å². The van der Waals surface area contributed by atoms with Gasteiger partial charge in [-0.3, -0.25) is 14.6 Å². The minimum Gasteiger partial charge on any atom is -0.324 e. The Labute approximate surface area is 144 Å². The second kappa shape index (κ2) is 7.72. The standard InChI is InChI=1S/C16H21ClF3N3O/c1-11(2)23-7-5-22(6-8-23)10-15(24)21-14-9-12(16(18,19)20)3-4-13(14)17/h3-4,9,11H,5-8,10H2,1-2H3,(H,21,24). The molecular weight excluding hydrogens is 343 g/mol. The first-order chi connectivity index (χ1) is 11.2. The van der Waals surface area contributed by atoms with E-state index in [-0.39, 0.29) is 23.2 Å². The van der Waals surface area contributed by atoms with Gasteiger partial charge in [0.2, 0.25) is 5.91 Å². The van der Waals surface area contributed by atoms with Crippen molar-refractivity contribution in [2.45, 2.75) is 26.1 Å². The van der Waals surface area contributed by atoms with Gasteiger partial charge in [0.05, 0.1) is 22.8 Å². The molecule has 0 saturated carbocycles. The Kier molecular flexibility index (Phi) is 6.11. The normalized spacial score (nSPS) is 17.3. The lowest BCUT2D eigenvalue weighted by Gasteiger charge is -2.36. The third-order valence-electron chi connectivity index (χ3n) is 4.07. The molecule has 1 fully saturated rings. The van der Waals surface area contributed by atoms with E-state index < -0.39 is 11.7 Å². The van der Waals surface area contributed by atoms with Gasteiger partial charge in [0.1, 0.15) is 0 Å². The fraction of sp³-hybridized carbons (Fsp3) is 0.562. The molecule has 0 atom stereocenters. The maximum atomic E-state index is 12.7. The highest BCUT2D eigenvalue weighted by Crippen LogP contribution is 2.33. The summed E-state index contributed by atoms with van der Waals surface area (Å²) in [6.45, 7) is 7.63. The molecule has 0 spiro atoms. The zero-order valence-corrected chi connectivity index (χ0v) is 14.4. The summed E-state index contributed by atoms with van der Waals surface area (Å²) in [6, 6.07) is 3.35. The lowest BCUT2D eigenvalue weighted by Crippen LogP contribution is -2.50. The topological polar surface area (TPSA) is 35.6 Å². The first kappa shape index (κ1) is 19.0. The van der Waals surface area contributed by atoms with Crippen LogP contribution < -0.4 is 5.32 Å². The Balaban J connectivity index is 1.93. The van der Waals surface area contributed by atoms with Gasteiger partial charge in [-0.15, -0.1) is 0 Å². The summed E-state index contributed by atoms with van der Waals surface area (Å²) >= 11 is 5.88. The van der Waals surface area contributed by atoms with E-state index in [4.69, 9.17) is 11.6 Å². The van der Waals surface area contributed by atoms with Crippen molar-refractivity contribution in [3.8, 4) is 0 Å². The minimum atomic E-state index is -4.47. The number of nitrogens with zero attached hydrogens (tertiary/aromatic N) is 2. The number of benzene rings is 1. The lowest BCUT2D eigenvalue weighted by molar-refractivity contribution is -0.137. The molecule has 134 valence electrons. The van der Waals surface area contributed by atoms with Gasteiger partial charge in [-0.2, -0.15) is 13.2 Å². The van der Waals surface area contributed by atoms with Crippen LogP contribution in [0.15, 0.2) is 18.2 Å². The molecule has 1 N–H and O–H groups in total. The Morgan fingerprint density at radius 2 is 1.88 bits per heavy atom. The van der Waals surface area contributed by atoms with E-state index in [9.17, 15) is 18.0 Å². The molecule has 1 heterocycles. The quantitative estimate of drug-likeness (QED) is 0.891. The number of halogens is 4. The van der Waals surface area contributed by atoms with E-state index in [1.165, 1.54) is 0 Å². The van der Waals surface area contributed by atoms with E-state index in [1.807, 2.05) is 4.90 Å². The Morgan fingerprint density at radius 3 is 2.42 bits per heavy atom. The largest absolute Gasteiger partial charge is 0.416 e. The van der Waals surface area contributed by atoms with Crippen molar-refractivity contribution in [3.05, 3.63) is 28.8 Å². The van der Waals surface area contributed by atoms with Gasteiger partial charge in [-0.05, 0) is 32.0 Å². The van der Waals surface area contributed by atoms with E-state index in [2.05, 4.69) is 24.1 Å². The Morgan fingerprint density at radius 1 is 1.25 bits per heavy atom. The number of carbonyl (C=O) groups excluding carboxylic acids is 1. The molecule has 1 aliphatic heterocycles. The van der Waals surface area contributed by atoms with Crippen molar-refractivity contribution in [3.63, 3.8) is 0 Å². The highest BCUT2D eigenvalue weighted by Gasteiger charge is 2.31. The van der Waals surface area contributed by atoms with Crippen LogP contribution >= 0.6 is 11.6 Å². The second-order valence-corrected chi connectivity index (χ2v) is 6.55. The number of hydrogen-bond acceptors (Lipinski definition) is 3. The van der Waals surface area contributed by atoms with Crippen LogP contribution in [-0.4, -0.2) is 54.5 Å². The van der Waals surface area contributed by atoms with Crippen LogP contribution in [0.4, 0.5) is 18.9 Å². The fourth-order valence-corrected chi connectivity index (χ4v) is 2.79. The molecule has 2 rings (SSSR count). The van der Waals surface area contributed by atoms with E-state index >= 15 is 0 Å². The molecule has 1 amide bonds. The molecule has 0 aromatic heterocycles. The molecule has 0 bridgehead atoms. The van der Waals surface area contributed by atoms with Gasteiger partial charge >= 0.3 is 6.18 Å². The monoisotopic (exact) mass is 363 g/mol. The van der Waals surface area contributed by atoms with Crippen molar-refractivity contribution in [1.29, 1.82) is 0 Å². The number of piperazine rings is 1. The molecule has 0 aliphatic carbocycles. The van der Waals surface area contributed by atoms with Crippen LogP contribution in [0, 0.1) is 0 Å². The third kappa shape index (κ3) is 5.09. The molecule has 1 saturated heterocycles. The third-order valence-corrected chi connectivity index (χ3v) is 4.40. The summed E-state index contributed by atoms with van der Waals surface area (Å²) < 4.78 is 38.2. The molecule has 24 heavy (non-hydrogen) atoms. The summed E-state index contributed by atoms with van der Waals surface area (Å²) in [4.78, 5) is 16.4. The summed E-state index contributed by atoms with van der Waals surface area (Å²) in [5, 5.41) is 2.56. The van der Waals surface area contributed by atoms with Crippen LogP contribution in [0.25, 0.3) is 0 Å². The van der Waals surface area contributed by atoms with Crippen LogP contribution in [0.3, 0.4) is 0 Å². The molecule has 1 aliphatic rings. The maximum absolute atomic E-state index is 12.7. The summed E-state index contributed by atoms with van der Waals surface area (Å²) in [5.74, 6) is -0.366. The van der Waals surface area contributed by atoms with Crippen molar-refractivity contribution in [2.75, 3.05) is 38.0 Å². The van der Waals surface area contributed by atoms with Crippen molar-refractivity contribution >= 4 is 23.2 Å². The SMILES string of the molecule is CC(C)N1CCN(CC(=O)Nc2cc(C(F)(F)F)ccc2Cl)CC1. The summed E-state index contributed by atoms with van der Waals surface area (Å²) in [6.07, 6.45) is -4.47. The average molecular weight is 364 g/mol. The molecule has 0 unspecified atom stereocenters. The second-order valence-electron chi connectivity index (χ2n) is 6.15. The number of nitrogens with one attached hydrogen (secondary N) is 1. The zero-order valence-electron chi connectivity index (χ0n) is 13.7. The number of anilines is 1. The van der Waals surface area contributed by atoms with Crippen molar-refractivity contribution < 1.29 is 18.0 Å². The summed E-state index contributed by atoms with van der Waals surface area (Å²) in [7, 11) is 0. The van der Waals surface area contributed by atoms with Gasteiger partial charge in [-0.25, -0.2) is 0 Å². The van der Waals surface area contributed by atoms with E-state index in [1.54, 1.807) is 0 Å². The number of carbonyl (C=O) groups is 1. The minimum absolute atomic E-state index is 0.0164. The Hall–Kier alpha value is -1.31. The highest BCUT2D eigenvalue weighted by atomic mass is 35.5. The molecule has 1 aromatic rings. The highest BCUT2D eigenvalue weighted by molar-refractivity contribution is 6.33. The fourth-order valence-electron chi connectivity index (χ4n) is 2.63. The number of amides is 1. The first-order valence-electron chi connectivity index (χ1n) is 7.80. The lowest BCUT2D eigenvalue weighted by atomic mass is 10.2. The zero-order chi connectivity index (χ0) is 17.9. The van der Waals surface area contributed by atoms with Gasteiger partial charge in [-0.1, -0.05) is 11.6 Å². The molecule has 4 nitrogen and oxygen atoms in total. The van der Waals surface area contributed by atoms with Crippen LogP contribution in [0.1, 0.15) is 19.4 Å². The predicted octanol–water partition coefficient (Wildman–Crippen LogP) is 3.32. The van der Waals surface area contributed by atoms with Crippen molar-refractivity contribution in [2.24, 2.45) is 0 Å².